The Morgan fingerprint density at radius 3 is 2.83 bits per heavy atom. The van der Waals surface area contributed by atoms with Gasteiger partial charge < -0.3 is 10.0 Å². The largest absolute Gasteiger partial charge is 0.393 e. The molecule has 0 atom stereocenters. The molecule has 1 aromatic carbocycles. The summed E-state index contributed by atoms with van der Waals surface area (Å²) < 4.78 is 0.748. The first-order valence-electron chi connectivity index (χ1n) is 5.86. The van der Waals surface area contributed by atoms with Crippen molar-refractivity contribution in [3.63, 3.8) is 0 Å². The summed E-state index contributed by atoms with van der Waals surface area (Å²) in [4.78, 5) is 13.9. The Hall–Kier alpha value is -0.580. The van der Waals surface area contributed by atoms with Gasteiger partial charge in [0.25, 0.3) is 5.91 Å². The van der Waals surface area contributed by atoms with E-state index in [-0.39, 0.29) is 12.0 Å². The molecule has 0 aromatic heterocycles. The van der Waals surface area contributed by atoms with E-state index < -0.39 is 0 Å². The quantitative estimate of drug-likeness (QED) is 0.924. The van der Waals surface area contributed by atoms with Crippen LogP contribution in [0, 0.1) is 5.92 Å². The molecule has 1 amide bonds. The zero-order chi connectivity index (χ0) is 13.3. The van der Waals surface area contributed by atoms with Crippen LogP contribution in [0.2, 0.25) is 5.02 Å². The van der Waals surface area contributed by atoms with Crippen molar-refractivity contribution in [1.82, 2.24) is 4.90 Å². The number of aliphatic hydroxyl groups is 1. The zero-order valence-electron chi connectivity index (χ0n) is 10.1. The van der Waals surface area contributed by atoms with E-state index >= 15 is 0 Å². The van der Waals surface area contributed by atoms with Crippen LogP contribution in [0.1, 0.15) is 23.2 Å². The molecule has 0 unspecified atom stereocenters. The average molecular weight is 333 g/mol. The average Bonchev–Trinajstić information content (AvgIpc) is 2.29. The fourth-order valence-electron chi connectivity index (χ4n) is 2.19. The van der Waals surface area contributed by atoms with Crippen LogP contribution in [0.25, 0.3) is 0 Å². The molecule has 0 saturated heterocycles. The summed E-state index contributed by atoms with van der Waals surface area (Å²) in [6.45, 7) is 0.675. The van der Waals surface area contributed by atoms with E-state index in [9.17, 15) is 9.90 Å². The Bertz CT molecular complexity index is 460. The summed E-state index contributed by atoms with van der Waals surface area (Å²) in [5.74, 6) is 0.359. The standard InChI is InChI=1S/C13H15BrClNO2/c1-16(7-8-4-10(17)5-8)13(18)11-6-9(15)2-3-12(11)14/h2-3,6,8,10,17H,4-5,7H2,1H3. The summed E-state index contributed by atoms with van der Waals surface area (Å²) in [6.07, 6.45) is 1.39. The van der Waals surface area contributed by atoms with Crippen LogP contribution in [0.5, 0.6) is 0 Å². The van der Waals surface area contributed by atoms with Crippen molar-refractivity contribution >= 4 is 33.4 Å². The second-order valence-corrected chi connectivity index (χ2v) is 6.09. The molecule has 1 N–H and O–H groups in total. The van der Waals surface area contributed by atoms with Gasteiger partial charge in [-0.2, -0.15) is 0 Å². The molecular weight excluding hydrogens is 318 g/mol. The fourth-order valence-corrected chi connectivity index (χ4v) is 2.78. The van der Waals surface area contributed by atoms with Crippen LogP contribution >= 0.6 is 27.5 Å². The lowest BCUT2D eigenvalue weighted by atomic mass is 9.82. The summed E-state index contributed by atoms with van der Waals surface area (Å²) >= 11 is 9.26. The van der Waals surface area contributed by atoms with E-state index in [4.69, 9.17) is 11.6 Å². The number of rotatable bonds is 3. The summed E-state index contributed by atoms with van der Waals surface area (Å²) in [5.41, 5.74) is 0.574. The molecule has 2 rings (SSSR count). The monoisotopic (exact) mass is 331 g/mol. The minimum atomic E-state index is -0.184. The minimum Gasteiger partial charge on any atom is -0.393 e. The molecule has 0 radical (unpaired) electrons. The molecule has 5 heteroatoms. The highest BCUT2D eigenvalue weighted by Gasteiger charge is 2.29. The second kappa shape index (κ2) is 5.59. The highest BCUT2D eigenvalue weighted by atomic mass is 79.9. The van der Waals surface area contributed by atoms with Crippen LogP contribution in [0.15, 0.2) is 22.7 Å². The first-order chi connectivity index (χ1) is 8.47. The number of hydrogen-bond donors (Lipinski definition) is 1. The summed E-state index contributed by atoms with van der Waals surface area (Å²) in [5, 5.41) is 9.79. The van der Waals surface area contributed by atoms with Crippen molar-refractivity contribution in [2.24, 2.45) is 5.92 Å². The molecule has 1 aromatic rings. The van der Waals surface area contributed by atoms with E-state index in [0.29, 0.717) is 23.0 Å². The van der Waals surface area contributed by atoms with Gasteiger partial charge in [0.2, 0.25) is 0 Å². The number of halogens is 2. The Labute approximate surface area is 120 Å². The predicted molar refractivity (Wildman–Crippen MR) is 74.8 cm³/mol. The Balaban J connectivity index is 2.03. The summed E-state index contributed by atoms with van der Waals surface area (Å²) in [6, 6.07) is 5.18. The molecule has 0 aliphatic heterocycles. The van der Waals surface area contributed by atoms with E-state index in [2.05, 4.69) is 15.9 Å². The van der Waals surface area contributed by atoms with Gasteiger partial charge in [0, 0.05) is 23.1 Å². The lowest BCUT2D eigenvalue weighted by Gasteiger charge is -2.34. The normalized spacial score (nSPS) is 22.4. The fraction of sp³-hybridized carbons (Fsp3) is 0.462. The van der Waals surface area contributed by atoms with Crippen LogP contribution in [0.4, 0.5) is 0 Å². The van der Waals surface area contributed by atoms with Gasteiger partial charge in [-0.05, 0) is 52.9 Å². The maximum absolute atomic E-state index is 12.2. The van der Waals surface area contributed by atoms with Crippen molar-refractivity contribution < 1.29 is 9.90 Å². The predicted octanol–water partition coefficient (Wildman–Crippen LogP) is 2.95. The van der Waals surface area contributed by atoms with Gasteiger partial charge in [-0.1, -0.05) is 11.6 Å². The van der Waals surface area contributed by atoms with E-state index in [1.807, 2.05) is 0 Å². The van der Waals surface area contributed by atoms with Crippen molar-refractivity contribution in [1.29, 1.82) is 0 Å². The van der Waals surface area contributed by atoms with Gasteiger partial charge in [0.05, 0.1) is 11.7 Å². The molecule has 1 aliphatic rings. The zero-order valence-corrected chi connectivity index (χ0v) is 12.4. The molecule has 0 spiro atoms. The highest BCUT2D eigenvalue weighted by Crippen LogP contribution is 2.29. The third kappa shape index (κ3) is 3.05. The van der Waals surface area contributed by atoms with E-state index in [1.54, 1.807) is 30.1 Å². The first-order valence-corrected chi connectivity index (χ1v) is 7.03. The molecule has 0 heterocycles. The number of aliphatic hydroxyl groups excluding tert-OH is 1. The molecule has 98 valence electrons. The molecule has 0 bridgehead atoms. The van der Waals surface area contributed by atoms with E-state index in [1.165, 1.54) is 0 Å². The van der Waals surface area contributed by atoms with Crippen molar-refractivity contribution in [2.45, 2.75) is 18.9 Å². The molecule has 18 heavy (non-hydrogen) atoms. The number of hydrogen-bond acceptors (Lipinski definition) is 2. The van der Waals surface area contributed by atoms with Gasteiger partial charge in [-0.25, -0.2) is 0 Å². The SMILES string of the molecule is CN(CC1CC(O)C1)C(=O)c1cc(Cl)ccc1Br. The number of amides is 1. The molecule has 3 nitrogen and oxygen atoms in total. The maximum Gasteiger partial charge on any atom is 0.254 e. The minimum absolute atomic E-state index is 0.0502. The lowest BCUT2D eigenvalue weighted by molar-refractivity contribution is 0.0265. The number of carbonyl (C=O) groups excluding carboxylic acids is 1. The van der Waals surface area contributed by atoms with Gasteiger partial charge >= 0.3 is 0 Å². The number of benzene rings is 1. The van der Waals surface area contributed by atoms with Gasteiger partial charge in [0.1, 0.15) is 0 Å². The van der Waals surface area contributed by atoms with Crippen molar-refractivity contribution in [3.8, 4) is 0 Å². The Kier molecular flexibility index (Phi) is 4.30. The van der Waals surface area contributed by atoms with Crippen molar-refractivity contribution in [3.05, 3.63) is 33.3 Å². The maximum atomic E-state index is 12.2. The molecule has 1 aliphatic carbocycles. The topological polar surface area (TPSA) is 40.5 Å². The van der Waals surface area contributed by atoms with Crippen LogP contribution in [-0.4, -0.2) is 35.6 Å². The second-order valence-electron chi connectivity index (χ2n) is 4.80. The van der Waals surface area contributed by atoms with Crippen molar-refractivity contribution in [2.75, 3.05) is 13.6 Å². The van der Waals surface area contributed by atoms with Crippen LogP contribution in [-0.2, 0) is 0 Å². The summed E-state index contributed by atoms with van der Waals surface area (Å²) in [7, 11) is 1.78. The van der Waals surface area contributed by atoms with Gasteiger partial charge in [-0.15, -0.1) is 0 Å². The smallest absolute Gasteiger partial charge is 0.254 e. The third-order valence-electron chi connectivity index (χ3n) is 3.25. The van der Waals surface area contributed by atoms with Gasteiger partial charge in [-0.3, -0.25) is 4.79 Å². The highest BCUT2D eigenvalue weighted by molar-refractivity contribution is 9.10. The Morgan fingerprint density at radius 1 is 1.56 bits per heavy atom. The van der Waals surface area contributed by atoms with Gasteiger partial charge in [0.15, 0.2) is 0 Å². The lowest BCUT2D eigenvalue weighted by Crippen LogP contribution is -2.39. The number of nitrogens with zero attached hydrogens (tertiary/aromatic N) is 1. The molecule has 1 fully saturated rings. The molecular formula is C13H15BrClNO2. The third-order valence-corrected chi connectivity index (χ3v) is 4.17. The van der Waals surface area contributed by atoms with E-state index in [0.717, 1.165) is 17.3 Å². The molecule has 1 saturated carbocycles. The van der Waals surface area contributed by atoms with Crippen LogP contribution in [0.3, 0.4) is 0 Å². The number of carbonyl (C=O) groups is 1. The first kappa shape index (κ1) is 13.8. The Morgan fingerprint density at radius 2 is 2.22 bits per heavy atom. The van der Waals surface area contributed by atoms with Crippen LogP contribution < -0.4 is 0 Å².